The van der Waals surface area contributed by atoms with Crippen molar-refractivity contribution >= 4 is 8.32 Å². The molecule has 0 heterocycles. The second kappa shape index (κ2) is 11.6. The summed E-state index contributed by atoms with van der Waals surface area (Å²) in [7, 11) is -1.83. The first kappa shape index (κ1) is 32.9. The summed E-state index contributed by atoms with van der Waals surface area (Å²) in [5.74, 6) is 2.88. The van der Waals surface area contributed by atoms with Crippen LogP contribution in [0.15, 0.2) is 35.5 Å². The van der Waals surface area contributed by atoms with E-state index in [1.165, 1.54) is 50.5 Å². The smallest absolute Gasteiger partial charge is 0.192 e. The molecule has 0 radical (unpaired) electrons. The highest BCUT2D eigenvalue weighted by molar-refractivity contribution is 6.74. The van der Waals surface area contributed by atoms with Gasteiger partial charge in [0.1, 0.15) is 0 Å². The summed E-state index contributed by atoms with van der Waals surface area (Å²) < 4.78 is 6.92. The van der Waals surface area contributed by atoms with E-state index in [1.807, 2.05) is 0 Å². The standard InChI is InChI=1S/C37H66OSi/c1-26-24-29(25-33(27(26)2)38-39(13,14)35(7,8)9)17-18-30-16-15-21-37(12)31(19-20-32(30)37)28(3)36(10,11)23-22-34(4,5)6/h17-18,26,28,31-33H,2,15-16,19-25H2,1,3-14H3/b29-17-,30-18+/t26-,28+,31?,32?,33-,37-/m1/s1. The molecule has 1 nitrogen and oxygen atoms in total. The van der Waals surface area contributed by atoms with Gasteiger partial charge in [0.25, 0.3) is 0 Å². The van der Waals surface area contributed by atoms with Crippen LogP contribution in [-0.4, -0.2) is 14.4 Å². The molecule has 2 unspecified atom stereocenters. The van der Waals surface area contributed by atoms with Gasteiger partial charge in [-0.05, 0) is 121 Å². The molecule has 0 N–H and O–H groups in total. The second-order valence-corrected chi connectivity index (χ2v) is 22.5. The van der Waals surface area contributed by atoms with E-state index in [9.17, 15) is 0 Å². The van der Waals surface area contributed by atoms with Crippen molar-refractivity contribution in [1.82, 2.24) is 0 Å². The SMILES string of the molecule is C=C1[C@H](C)C/C(=C/C=C2\CCC[C@@]3(C)C2CCC3[C@H](C)C(C)(C)CCC(C)(C)C)C[C@H]1O[Si](C)(C)C(C)(C)C. The van der Waals surface area contributed by atoms with Gasteiger partial charge in [-0.25, -0.2) is 0 Å². The highest BCUT2D eigenvalue weighted by Gasteiger charge is 2.53. The van der Waals surface area contributed by atoms with Gasteiger partial charge in [-0.3, -0.25) is 0 Å². The van der Waals surface area contributed by atoms with Crippen molar-refractivity contribution in [1.29, 1.82) is 0 Å². The maximum atomic E-state index is 6.92. The second-order valence-electron chi connectivity index (χ2n) is 17.8. The Morgan fingerprint density at radius 2 is 1.64 bits per heavy atom. The molecular formula is C37H66OSi. The van der Waals surface area contributed by atoms with Crippen LogP contribution in [0.2, 0.25) is 18.1 Å². The van der Waals surface area contributed by atoms with Gasteiger partial charge in [0.15, 0.2) is 8.32 Å². The third-order valence-corrected chi connectivity index (χ3v) is 16.7. The van der Waals surface area contributed by atoms with E-state index in [4.69, 9.17) is 4.43 Å². The van der Waals surface area contributed by atoms with Gasteiger partial charge in [-0.1, -0.05) is 106 Å². The van der Waals surface area contributed by atoms with Crippen LogP contribution < -0.4 is 0 Å². The molecule has 0 saturated heterocycles. The van der Waals surface area contributed by atoms with E-state index in [-0.39, 0.29) is 11.1 Å². The fraction of sp³-hybridized carbons (Fsp3) is 0.838. The Hall–Kier alpha value is -0.603. The average Bonchev–Trinajstić information content (AvgIpc) is 3.15. The zero-order chi connectivity index (χ0) is 29.6. The summed E-state index contributed by atoms with van der Waals surface area (Å²) in [5, 5.41) is 0.226. The first-order chi connectivity index (χ1) is 17.7. The minimum absolute atomic E-state index is 0.183. The lowest BCUT2D eigenvalue weighted by atomic mass is 9.57. The van der Waals surface area contributed by atoms with Crippen molar-refractivity contribution in [2.24, 2.45) is 39.9 Å². The Kier molecular flexibility index (Phi) is 9.77. The van der Waals surface area contributed by atoms with Crippen molar-refractivity contribution in [2.45, 2.75) is 158 Å². The molecule has 0 aromatic rings. The molecule has 3 aliphatic carbocycles. The monoisotopic (exact) mass is 554 g/mol. The Morgan fingerprint density at radius 1 is 1.00 bits per heavy atom. The topological polar surface area (TPSA) is 9.23 Å². The molecule has 0 aromatic heterocycles. The Bertz CT molecular complexity index is 935. The maximum absolute atomic E-state index is 6.92. The largest absolute Gasteiger partial charge is 0.410 e. The van der Waals surface area contributed by atoms with Gasteiger partial charge in [0, 0.05) is 0 Å². The van der Waals surface area contributed by atoms with Crippen LogP contribution in [0.4, 0.5) is 0 Å². The normalized spacial score (nSPS) is 34.0. The summed E-state index contributed by atoms with van der Waals surface area (Å²) in [5.41, 5.74) is 5.92. The van der Waals surface area contributed by atoms with Crippen LogP contribution in [0, 0.1) is 39.9 Å². The van der Waals surface area contributed by atoms with Crippen molar-refractivity contribution in [2.75, 3.05) is 0 Å². The van der Waals surface area contributed by atoms with Crippen molar-refractivity contribution in [3.63, 3.8) is 0 Å². The highest BCUT2D eigenvalue weighted by Crippen LogP contribution is 2.62. The van der Waals surface area contributed by atoms with E-state index < -0.39 is 8.32 Å². The van der Waals surface area contributed by atoms with E-state index in [1.54, 1.807) is 11.1 Å². The number of hydrogen-bond donors (Lipinski definition) is 0. The van der Waals surface area contributed by atoms with Gasteiger partial charge in [-0.2, -0.15) is 0 Å². The molecule has 0 amide bonds. The molecule has 224 valence electrons. The summed E-state index contributed by atoms with van der Waals surface area (Å²) in [6, 6.07) is 0. The van der Waals surface area contributed by atoms with Gasteiger partial charge >= 0.3 is 0 Å². The highest BCUT2D eigenvalue weighted by atomic mass is 28.4. The van der Waals surface area contributed by atoms with Crippen molar-refractivity contribution < 1.29 is 4.43 Å². The molecule has 3 rings (SSSR count). The quantitative estimate of drug-likeness (QED) is 0.224. The Balaban J connectivity index is 1.77. The first-order valence-electron chi connectivity index (χ1n) is 16.4. The van der Waals surface area contributed by atoms with Crippen LogP contribution in [0.5, 0.6) is 0 Å². The van der Waals surface area contributed by atoms with Gasteiger partial charge in [0.05, 0.1) is 6.10 Å². The van der Waals surface area contributed by atoms with Crippen LogP contribution in [-0.2, 0) is 4.43 Å². The summed E-state index contributed by atoms with van der Waals surface area (Å²) in [6.45, 7) is 36.2. The predicted molar refractivity (Wildman–Crippen MR) is 176 cm³/mol. The lowest BCUT2D eigenvalue weighted by Crippen LogP contribution is -2.45. The molecule has 3 saturated carbocycles. The third-order valence-electron chi connectivity index (χ3n) is 12.2. The number of rotatable bonds is 7. The summed E-state index contributed by atoms with van der Waals surface area (Å²) in [6.07, 6.45) is 17.0. The minimum atomic E-state index is -1.83. The Morgan fingerprint density at radius 3 is 2.23 bits per heavy atom. The van der Waals surface area contributed by atoms with Crippen molar-refractivity contribution in [3.05, 3.63) is 35.5 Å². The molecule has 2 heteroatoms. The molecule has 39 heavy (non-hydrogen) atoms. The average molecular weight is 555 g/mol. The van der Waals surface area contributed by atoms with Gasteiger partial charge in [0.2, 0.25) is 0 Å². The predicted octanol–water partition coefficient (Wildman–Crippen LogP) is 11.9. The maximum Gasteiger partial charge on any atom is 0.192 e. The Labute approximate surface area is 245 Å². The third kappa shape index (κ3) is 7.43. The number of fused-ring (bicyclic) bond motifs is 1. The molecule has 0 spiro atoms. The van der Waals surface area contributed by atoms with Gasteiger partial charge < -0.3 is 4.43 Å². The zero-order valence-electron chi connectivity index (χ0n) is 28.5. The first-order valence-corrected chi connectivity index (χ1v) is 19.3. The van der Waals surface area contributed by atoms with E-state index >= 15 is 0 Å². The van der Waals surface area contributed by atoms with E-state index in [0.29, 0.717) is 22.2 Å². The van der Waals surface area contributed by atoms with Crippen LogP contribution in [0.25, 0.3) is 0 Å². The summed E-state index contributed by atoms with van der Waals surface area (Å²) >= 11 is 0. The van der Waals surface area contributed by atoms with E-state index in [0.717, 1.165) is 30.6 Å². The van der Waals surface area contributed by atoms with E-state index in [2.05, 4.69) is 108 Å². The van der Waals surface area contributed by atoms with Crippen LogP contribution >= 0.6 is 0 Å². The van der Waals surface area contributed by atoms with Crippen molar-refractivity contribution in [3.8, 4) is 0 Å². The molecule has 6 atom stereocenters. The van der Waals surface area contributed by atoms with Crippen LogP contribution in [0.3, 0.4) is 0 Å². The molecule has 0 aromatic carbocycles. The summed E-state index contributed by atoms with van der Waals surface area (Å²) in [4.78, 5) is 0. The van der Waals surface area contributed by atoms with Crippen LogP contribution in [0.1, 0.15) is 134 Å². The molecule has 3 fully saturated rings. The number of hydrogen-bond acceptors (Lipinski definition) is 1. The lowest BCUT2D eigenvalue weighted by Gasteiger charge is -2.48. The molecule has 0 aliphatic heterocycles. The number of allylic oxidation sites excluding steroid dienone is 3. The lowest BCUT2D eigenvalue weighted by molar-refractivity contribution is 0.0326. The minimum Gasteiger partial charge on any atom is -0.410 e. The fourth-order valence-corrected chi connectivity index (χ4v) is 9.17. The van der Waals surface area contributed by atoms with Gasteiger partial charge in [-0.15, -0.1) is 0 Å². The zero-order valence-corrected chi connectivity index (χ0v) is 29.5. The molecule has 3 aliphatic rings. The fourth-order valence-electron chi connectivity index (χ4n) is 7.88. The molecular weight excluding hydrogens is 488 g/mol. The molecule has 0 bridgehead atoms.